The largest absolute Gasteiger partial charge is 0.619 e. The second-order valence-electron chi connectivity index (χ2n) is 7.58. The first-order valence-electron chi connectivity index (χ1n) is 9.71. The molecular formula is C20H21F3N2O8S2. The lowest BCUT2D eigenvalue weighted by Gasteiger charge is -2.42. The zero-order valence-corrected chi connectivity index (χ0v) is 19.9. The molecule has 1 atom stereocenters. The minimum atomic E-state index is -5.08. The Labute approximate surface area is 202 Å². The molecule has 1 fully saturated rings. The molecule has 0 amide bonds. The molecule has 2 heterocycles. The van der Waals surface area contributed by atoms with Crippen LogP contribution in [0.2, 0.25) is 0 Å². The maximum Gasteiger partial charge on any atom is 0.490 e. The van der Waals surface area contributed by atoms with Crippen LogP contribution in [-0.2, 0) is 19.6 Å². The Bertz CT molecular complexity index is 1150. The normalized spacial score (nSPS) is 18.1. The van der Waals surface area contributed by atoms with Gasteiger partial charge >= 0.3 is 18.1 Å². The van der Waals surface area contributed by atoms with Gasteiger partial charge in [-0.3, -0.25) is 4.79 Å². The van der Waals surface area contributed by atoms with Crippen LogP contribution in [-0.4, -0.2) is 64.1 Å². The predicted molar refractivity (Wildman–Crippen MR) is 117 cm³/mol. The molecule has 1 aromatic heterocycles. The van der Waals surface area contributed by atoms with Crippen molar-refractivity contribution in [2.45, 2.75) is 35.7 Å². The van der Waals surface area contributed by atoms with Crippen molar-refractivity contribution in [1.29, 1.82) is 0 Å². The summed E-state index contributed by atoms with van der Waals surface area (Å²) in [6.07, 6.45) is -2.51. The van der Waals surface area contributed by atoms with E-state index in [-0.39, 0.29) is 11.4 Å². The van der Waals surface area contributed by atoms with E-state index in [0.29, 0.717) is 22.0 Å². The number of aliphatic carboxylic acids is 2. The predicted octanol–water partition coefficient (Wildman–Crippen LogP) is 2.71. The summed E-state index contributed by atoms with van der Waals surface area (Å²) in [6.45, 7) is 3.60. The molecule has 0 spiro atoms. The second kappa shape index (κ2) is 10.7. The van der Waals surface area contributed by atoms with E-state index in [2.05, 4.69) is 0 Å². The average molecular weight is 539 g/mol. The van der Waals surface area contributed by atoms with Crippen molar-refractivity contribution < 1.29 is 50.9 Å². The van der Waals surface area contributed by atoms with Crippen LogP contribution in [0.4, 0.5) is 13.2 Å². The van der Waals surface area contributed by atoms with Crippen molar-refractivity contribution in [3.05, 3.63) is 54.0 Å². The molecule has 2 aromatic rings. The number of carboxylic acid groups (broad SMARTS) is 2. The first-order valence-corrected chi connectivity index (χ1v) is 12.1. The number of hydrogen-bond donors (Lipinski definition) is 2. The quantitative estimate of drug-likeness (QED) is 0.433. The molecule has 15 heteroatoms. The number of benzene rings is 1. The molecule has 1 saturated heterocycles. The maximum absolute atomic E-state index is 13.1. The number of carbonyl (C=O) groups is 2. The molecular weight excluding hydrogens is 517 g/mol. The number of aromatic nitrogens is 1. The van der Waals surface area contributed by atoms with E-state index in [4.69, 9.17) is 14.6 Å². The summed E-state index contributed by atoms with van der Waals surface area (Å²) in [4.78, 5) is 20.7. The molecule has 0 radical (unpaired) electrons. The molecule has 192 valence electrons. The zero-order chi connectivity index (χ0) is 26.6. The summed E-state index contributed by atoms with van der Waals surface area (Å²) in [7, 11) is -3.98. The molecule has 0 bridgehead atoms. The van der Waals surface area contributed by atoms with E-state index in [1.54, 1.807) is 13.8 Å². The number of thioether (sulfide) groups is 1. The molecule has 1 aliphatic rings. The van der Waals surface area contributed by atoms with Crippen molar-refractivity contribution in [3.8, 4) is 11.5 Å². The monoisotopic (exact) mass is 538 g/mol. The average Bonchev–Trinajstić information content (AvgIpc) is 2.74. The van der Waals surface area contributed by atoms with Crippen molar-refractivity contribution in [2.24, 2.45) is 0 Å². The number of hydrogen-bond acceptors (Lipinski definition) is 7. The summed E-state index contributed by atoms with van der Waals surface area (Å²) in [5.41, 5.74) is 0. The number of halogens is 3. The maximum atomic E-state index is 13.1. The molecule has 0 saturated carbocycles. The van der Waals surface area contributed by atoms with Gasteiger partial charge in [-0.05, 0) is 38.1 Å². The summed E-state index contributed by atoms with van der Waals surface area (Å²) in [5, 5.41) is 27.8. The summed E-state index contributed by atoms with van der Waals surface area (Å²) >= 11 is 1.45. The van der Waals surface area contributed by atoms with Crippen LogP contribution < -0.4 is 9.47 Å². The van der Waals surface area contributed by atoms with E-state index in [1.165, 1.54) is 60.6 Å². The van der Waals surface area contributed by atoms with Crippen LogP contribution >= 0.6 is 11.8 Å². The summed E-state index contributed by atoms with van der Waals surface area (Å²) in [5.74, 6) is -2.58. The number of pyridine rings is 1. The summed E-state index contributed by atoms with van der Waals surface area (Å²) in [6, 6.07) is 7.57. The third kappa shape index (κ3) is 7.22. The number of nitrogens with zero attached hydrogens (tertiary/aromatic N) is 2. The van der Waals surface area contributed by atoms with Gasteiger partial charge < -0.3 is 20.2 Å². The van der Waals surface area contributed by atoms with Crippen molar-refractivity contribution in [2.75, 3.05) is 12.3 Å². The second-order valence-corrected chi connectivity index (χ2v) is 11.2. The highest BCUT2D eigenvalue weighted by Gasteiger charge is 2.48. The molecule has 0 unspecified atom stereocenters. The third-order valence-corrected chi connectivity index (χ3v) is 7.88. The molecule has 1 aromatic carbocycles. The van der Waals surface area contributed by atoms with Gasteiger partial charge in [-0.25, -0.2) is 13.2 Å². The zero-order valence-electron chi connectivity index (χ0n) is 18.3. The van der Waals surface area contributed by atoms with E-state index in [9.17, 15) is 36.7 Å². The van der Waals surface area contributed by atoms with E-state index < -0.39 is 38.9 Å². The minimum Gasteiger partial charge on any atom is -0.619 e. The lowest BCUT2D eigenvalue weighted by Crippen LogP contribution is -2.58. The topological polar surface area (TPSA) is 148 Å². The van der Waals surface area contributed by atoms with Crippen molar-refractivity contribution >= 4 is 33.7 Å². The molecule has 2 N–H and O–H groups in total. The molecule has 3 rings (SSSR count). The Kier molecular flexibility index (Phi) is 8.62. The third-order valence-electron chi connectivity index (χ3n) is 4.65. The Morgan fingerprint density at radius 2 is 1.60 bits per heavy atom. The van der Waals surface area contributed by atoms with Gasteiger partial charge in [-0.2, -0.15) is 34.0 Å². The summed E-state index contributed by atoms with van der Waals surface area (Å²) < 4.78 is 64.4. The van der Waals surface area contributed by atoms with Crippen LogP contribution in [0.1, 0.15) is 13.8 Å². The van der Waals surface area contributed by atoms with Crippen LogP contribution in [0.5, 0.6) is 11.5 Å². The fourth-order valence-corrected chi connectivity index (χ4v) is 6.15. The van der Waals surface area contributed by atoms with Crippen LogP contribution in [0.25, 0.3) is 0 Å². The highest BCUT2D eigenvalue weighted by Crippen LogP contribution is 2.38. The van der Waals surface area contributed by atoms with E-state index in [0.717, 1.165) is 4.31 Å². The van der Waals surface area contributed by atoms with Gasteiger partial charge in [0.05, 0.1) is 4.90 Å². The van der Waals surface area contributed by atoms with Gasteiger partial charge in [-0.15, -0.1) is 0 Å². The van der Waals surface area contributed by atoms with Gasteiger partial charge in [0, 0.05) is 29.2 Å². The lowest BCUT2D eigenvalue weighted by molar-refractivity contribution is -0.605. The van der Waals surface area contributed by atoms with Crippen LogP contribution in [0.15, 0.2) is 53.7 Å². The minimum absolute atomic E-state index is 0.000684. The number of carboxylic acids is 2. The van der Waals surface area contributed by atoms with Gasteiger partial charge in [0.2, 0.25) is 10.0 Å². The first kappa shape index (κ1) is 28.2. The SMILES string of the molecule is CC1(C)SCCN(S(=O)(=O)c2ccc(Oc3cc[n+]([O-])cc3)cc2)[C@H]1C(=O)O.O=C(O)C(F)(F)F. The Hall–Kier alpha value is -3.04. The fourth-order valence-electron chi connectivity index (χ4n) is 3.05. The Balaban J connectivity index is 0.000000540. The van der Waals surface area contributed by atoms with Crippen LogP contribution in [0, 0.1) is 5.21 Å². The highest BCUT2D eigenvalue weighted by molar-refractivity contribution is 8.00. The number of ether oxygens (including phenoxy) is 1. The smallest absolute Gasteiger partial charge is 0.490 e. The lowest BCUT2D eigenvalue weighted by atomic mass is 10.0. The van der Waals surface area contributed by atoms with Gasteiger partial charge in [0.1, 0.15) is 17.5 Å². The Morgan fingerprint density at radius 1 is 1.11 bits per heavy atom. The standard InChI is InChI=1S/C18H20N2O6S2.C2HF3O2/c1-18(2)16(17(21)22)20(11-12-27-18)28(24,25)15-5-3-13(4-6-15)26-14-7-9-19(23)10-8-14;3-2(4,5)1(6)7/h3-10,16H,11-12H2,1-2H3,(H,21,22);(H,6,7)/t16-;/m0./s1. The fraction of sp³-hybridized carbons (Fsp3) is 0.350. The molecule has 10 nitrogen and oxygen atoms in total. The first-order chi connectivity index (χ1) is 16.1. The van der Waals surface area contributed by atoms with Gasteiger partial charge in [-0.1, -0.05) is 0 Å². The van der Waals surface area contributed by atoms with Gasteiger partial charge in [0.25, 0.3) is 0 Å². The highest BCUT2D eigenvalue weighted by atomic mass is 32.2. The number of alkyl halides is 3. The van der Waals surface area contributed by atoms with E-state index in [1.807, 2.05) is 0 Å². The van der Waals surface area contributed by atoms with Crippen molar-refractivity contribution in [1.82, 2.24) is 4.31 Å². The number of rotatable bonds is 5. The van der Waals surface area contributed by atoms with Crippen LogP contribution in [0.3, 0.4) is 0 Å². The van der Waals surface area contributed by atoms with Crippen molar-refractivity contribution in [3.63, 3.8) is 0 Å². The Morgan fingerprint density at radius 3 is 2.06 bits per heavy atom. The molecule has 35 heavy (non-hydrogen) atoms. The number of sulfonamides is 1. The van der Waals surface area contributed by atoms with Gasteiger partial charge in [0.15, 0.2) is 12.4 Å². The van der Waals surface area contributed by atoms with E-state index >= 15 is 0 Å². The molecule has 0 aliphatic carbocycles. The molecule has 1 aliphatic heterocycles.